The van der Waals surface area contributed by atoms with E-state index in [0.29, 0.717) is 0 Å². The van der Waals surface area contributed by atoms with Crippen molar-refractivity contribution in [3.05, 3.63) is 28.8 Å². The molecule has 1 aliphatic heterocycles. The number of carbonyl (C=O) groups is 2. The maximum atomic E-state index is 13.0. The normalized spacial score (nSPS) is 21.8. The lowest BCUT2D eigenvalue weighted by Crippen LogP contribution is -2.38. The lowest BCUT2D eigenvalue weighted by molar-refractivity contribution is -0.137. The van der Waals surface area contributed by atoms with Crippen molar-refractivity contribution in [2.75, 3.05) is 11.4 Å². The van der Waals surface area contributed by atoms with Crippen LogP contribution in [0, 0.1) is 5.92 Å². The first-order valence-electron chi connectivity index (χ1n) is 8.23. The van der Waals surface area contributed by atoms with Crippen LogP contribution < -0.4 is 10.2 Å². The Labute approximate surface area is 148 Å². The van der Waals surface area contributed by atoms with E-state index >= 15 is 0 Å². The number of halogens is 4. The second-order valence-corrected chi connectivity index (χ2v) is 6.96. The predicted molar refractivity (Wildman–Crippen MR) is 87.3 cm³/mol. The predicted octanol–water partition coefficient (Wildman–Crippen LogP) is 3.77. The molecule has 1 aromatic carbocycles. The van der Waals surface area contributed by atoms with Crippen LogP contribution in [0.1, 0.15) is 37.7 Å². The molecule has 1 heterocycles. The third-order valence-corrected chi connectivity index (χ3v) is 5.09. The summed E-state index contributed by atoms with van der Waals surface area (Å²) in [4.78, 5) is 25.7. The van der Waals surface area contributed by atoms with Gasteiger partial charge in [-0.15, -0.1) is 0 Å². The largest absolute Gasteiger partial charge is 0.417 e. The van der Waals surface area contributed by atoms with Gasteiger partial charge >= 0.3 is 6.18 Å². The van der Waals surface area contributed by atoms with E-state index in [-0.39, 0.29) is 36.5 Å². The van der Waals surface area contributed by atoms with Crippen molar-refractivity contribution in [1.82, 2.24) is 5.32 Å². The second-order valence-electron chi connectivity index (χ2n) is 6.56. The Bertz CT molecular complexity index is 687. The summed E-state index contributed by atoms with van der Waals surface area (Å²) in [6.07, 6.45) is -0.584. The molecule has 25 heavy (non-hydrogen) atoms. The number of carbonyl (C=O) groups excluding carboxylic acids is 2. The van der Waals surface area contributed by atoms with E-state index in [1.54, 1.807) is 0 Å². The molecule has 2 aliphatic rings. The zero-order chi connectivity index (χ0) is 18.2. The topological polar surface area (TPSA) is 49.4 Å². The molecule has 3 rings (SSSR count). The first kappa shape index (κ1) is 18.0. The lowest BCUT2D eigenvalue weighted by atomic mass is 10.1. The average molecular weight is 375 g/mol. The number of hydrogen-bond donors (Lipinski definition) is 1. The molecule has 2 fully saturated rings. The quantitative estimate of drug-likeness (QED) is 0.875. The monoisotopic (exact) mass is 374 g/mol. The van der Waals surface area contributed by atoms with E-state index < -0.39 is 22.7 Å². The standard InChI is InChI=1S/C17H18ClF3N2O2/c18-14-6-5-12(8-13(14)17(19,20)21)23-9-10(7-15(23)24)16(25)22-11-3-1-2-4-11/h5-6,8,10-11H,1-4,7,9H2,(H,22,25). The highest BCUT2D eigenvalue weighted by Crippen LogP contribution is 2.38. The molecule has 1 N–H and O–H groups in total. The number of alkyl halides is 3. The van der Waals surface area contributed by atoms with Gasteiger partial charge in [0.2, 0.25) is 11.8 Å². The summed E-state index contributed by atoms with van der Waals surface area (Å²) in [5.41, 5.74) is -0.879. The van der Waals surface area contributed by atoms with Crippen LogP contribution in [-0.2, 0) is 15.8 Å². The van der Waals surface area contributed by atoms with Gasteiger partial charge in [-0.25, -0.2) is 0 Å². The van der Waals surface area contributed by atoms with Crippen molar-refractivity contribution in [1.29, 1.82) is 0 Å². The molecule has 1 aliphatic carbocycles. The molecule has 0 bridgehead atoms. The summed E-state index contributed by atoms with van der Waals surface area (Å²) in [6.45, 7) is 0.0797. The van der Waals surface area contributed by atoms with Crippen LogP contribution in [0.15, 0.2) is 18.2 Å². The Hall–Kier alpha value is -1.76. The smallest absolute Gasteiger partial charge is 0.353 e. The van der Waals surface area contributed by atoms with Crippen LogP contribution in [0.5, 0.6) is 0 Å². The summed E-state index contributed by atoms with van der Waals surface area (Å²) < 4.78 is 39.0. The van der Waals surface area contributed by atoms with Crippen LogP contribution in [0.2, 0.25) is 5.02 Å². The summed E-state index contributed by atoms with van der Waals surface area (Å²) >= 11 is 5.61. The van der Waals surface area contributed by atoms with E-state index in [4.69, 9.17) is 11.6 Å². The first-order valence-corrected chi connectivity index (χ1v) is 8.61. The third-order valence-electron chi connectivity index (χ3n) is 4.76. The van der Waals surface area contributed by atoms with Crippen molar-refractivity contribution >= 4 is 29.1 Å². The summed E-state index contributed by atoms with van der Waals surface area (Å²) in [5, 5.41) is 2.52. The van der Waals surface area contributed by atoms with Crippen LogP contribution in [0.3, 0.4) is 0 Å². The van der Waals surface area contributed by atoms with Gasteiger partial charge in [-0.3, -0.25) is 9.59 Å². The van der Waals surface area contributed by atoms with Crippen molar-refractivity contribution in [2.45, 2.75) is 44.3 Å². The number of amides is 2. The number of rotatable bonds is 3. The molecule has 2 amide bonds. The Morgan fingerprint density at radius 1 is 1.24 bits per heavy atom. The fourth-order valence-corrected chi connectivity index (χ4v) is 3.65. The van der Waals surface area contributed by atoms with Gasteiger partial charge < -0.3 is 10.2 Å². The highest BCUT2D eigenvalue weighted by Gasteiger charge is 2.38. The van der Waals surface area contributed by atoms with Crippen LogP contribution in [-0.4, -0.2) is 24.4 Å². The van der Waals surface area contributed by atoms with Gasteiger partial charge in [0.1, 0.15) is 0 Å². The van der Waals surface area contributed by atoms with Crippen molar-refractivity contribution < 1.29 is 22.8 Å². The van der Waals surface area contributed by atoms with Crippen LogP contribution >= 0.6 is 11.6 Å². The maximum absolute atomic E-state index is 13.0. The molecule has 0 radical (unpaired) electrons. The molecular formula is C17H18ClF3N2O2. The molecule has 1 aromatic rings. The Balaban J connectivity index is 1.73. The van der Waals surface area contributed by atoms with Gasteiger partial charge in [0.15, 0.2) is 0 Å². The van der Waals surface area contributed by atoms with Gasteiger partial charge in [0, 0.05) is 24.7 Å². The fourth-order valence-electron chi connectivity index (χ4n) is 3.42. The Morgan fingerprint density at radius 2 is 1.92 bits per heavy atom. The SMILES string of the molecule is O=C(NC1CCCC1)C1CC(=O)N(c2ccc(Cl)c(C(F)(F)F)c2)C1. The minimum absolute atomic E-state index is 0.00251. The van der Waals surface area contributed by atoms with Gasteiger partial charge in [-0.1, -0.05) is 24.4 Å². The van der Waals surface area contributed by atoms with Crippen LogP contribution in [0.25, 0.3) is 0 Å². The van der Waals surface area contributed by atoms with Gasteiger partial charge in [-0.05, 0) is 31.0 Å². The Kier molecular flexibility index (Phi) is 4.95. The van der Waals surface area contributed by atoms with E-state index in [9.17, 15) is 22.8 Å². The van der Waals surface area contributed by atoms with Crippen molar-refractivity contribution in [3.8, 4) is 0 Å². The Morgan fingerprint density at radius 3 is 2.56 bits per heavy atom. The number of nitrogens with one attached hydrogen (secondary N) is 1. The fraction of sp³-hybridized carbons (Fsp3) is 0.529. The van der Waals surface area contributed by atoms with Gasteiger partial charge in [0.05, 0.1) is 16.5 Å². The zero-order valence-electron chi connectivity index (χ0n) is 13.4. The molecule has 1 atom stereocenters. The summed E-state index contributed by atoms with van der Waals surface area (Å²) in [7, 11) is 0. The van der Waals surface area contributed by atoms with E-state index in [0.717, 1.165) is 37.8 Å². The molecule has 0 spiro atoms. The minimum atomic E-state index is -4.60. The number of benzene rings is 1. The molecule has 136 valence electrons. The van der Waals surface area contributed by atoms with Crippen molar-refractivity contribution in [3.63, 3.8) is 0 Å². The minimum Gasteiger partial charge on any atom is -0.353 e. The molecule has 4 nitrogen and oxygen atoms in total. The third kappa shape index (κ3) is 3.92. The summed E-state index contributed by atoms with van der Waals surface area (Å²) in [5.74, 6) is -1.10. The number of anilines is 1. The molecule has 1 unspecified atom stereocenters. The molecular weight excluding hydrogens is 357 g/mol. The first-order chi connectivity index (χ1) is 11.8. The summed E-state index contributed by atoms with van der Waals surface area (Å²) in [6, 6.07) is 3.49. The van der Waals surface area contributed by atoms with Crippen molar-refractivity contribution in [2.24, 2.45) is 5.92 Å². The van der Waals surface area contributed by atoms with E-state index in [1.165, 1.54) is 11.0 Å². The lowest BCUT2D eigenvalue weighted by Gasteiger charge is -2.20. The van der Waals surface area contributed by atoms with Gasteiger partial charge in [0.25, 0.3) is 0 Å². The molecule has 8 heteroatoms. The highest BCUT2D eigenvalue weighted by atomic mass is 35.5. The van der Waals surface area contributed by atoms with E-state index in [2.05, 4.69) is 5.32 Å². The van der Waals surface area contributed by atoms with E-state index in [1.807, 2.05) is 0 Å². The average Bonchev–Trinajstić information content (AvgIpc) is 3.16. The number of hydrogen-bond acceptors (Lipinski definition) is 2. The molecule has 0 aromatic heterocycles. The van der Waals surface area contributed by atoms with Crippen LogP contribution in [0.4, 0.5) is 18.9 Å². The second kappa shape index (κ2) is 6.86. The highest BCUT2D eigenvalue weighted by molar-refractivity contribution is 6.31. The zero-order valence-corrected chi connectivity index (χ0v) is 14.2. The number of nitrogens with zero attached hydrogens (tertiary/aromatic N) is 1. The van der Waals surface area contributed by atoms with Gasteiger partial charge in [-0.2, -0.15) is 13.2 Å². The maximum Gasteiger partial charge on any atom is 0.417 e. The molecule has 1 saturated heterocycles. The molecule has 1 saturated carbocycles.